The van der Waals surface area contributed by atoms with Crippen LogP contribution < -0.4 is 16.0 Å². The molecule has 55 heavy (non-hydrogen) atoms. The van der Waals surface area contributed by atoms with Crippen LogP contribution in [0.5, 0.6) is 0 Å². The Balaban J connectivity index is 0.000000211. The van der Waals surface area contributed by atoms with E-state index in [1.165, 1.54) is 4.90 Å². The number of carbonyl (C=O) groups is 1. The van der Waals surface area contributed by atoms with Gasteiger partial charge in [0, 0.05) is 54.5 Å². The first-order chi connectivity index (χ1) is 25.7. The van der Waals surface area contributed by atoms with Crippen molar-refractivity contribution >= 4 is 34.2 Å². The number of hydrogen-bond donors (Lipinski definition) is 2. The van der Waals surface area contributed by atoms with Crippen molar-refractivity contribution in [1.82, 2.24) is 44.4 Å². The van der Waals surface area contributed by atoms with Gasteiger partial charge in [0.15, 0.2) is 11.6 Å². The van der Waals surface area contributed by atoms with E-state index in [-0.39, 0.29) is 43.9 Å². The number of pyridine rings is 2. The summed E-state index contributed by atoms with van der Waals surface area (Å²) < 4.78 is 85.3. The van der Waals surface area contributed by atoms with E-state index in [1.807, 2.05) is 49.1 Å². The summed E-state index contributed by atoms with van der Waals surface area (Å²) in [5.74, 6) is -0.428. The van der Waals surface area contributed by atoms with E-state index < -0.39 is 41.7 Å². The topological polar surface area (TPSA) is 158 Å². The predicted molar refractivity (Wildman–Crippen MR) is 189 cm³/mol. The van der Waals surface area contributed by atoms with Crippen LogP contribution in [0.4, 0.5) is 48.5 Å². The first kappa shape index (κ1) is 39.0. The first-order valence-electron chi connectivity index (χ1n) is 17.3. The zero-order valence-corrected chi connectivity index (χ0v) is 30.9. The van der Waals surface area contributed by atoms with Crippen LogP contribution in [-0.4, -0.2) is 68.2 Å². The first-order valence-corrected chi connectivity index (χ1v) is 17.3. The maximum atomic E-state index is 13.2. The molecule has 3 N–H and O–H groups in total. The third kappa shape index (κ3) is 8.36. The van der Waals surface area contributed by atoms with Gasteiger partial charge < -0.3 is 29.8 Å². The van der Waals surface area contributed by atoms with Crippen molar-refractivity contribution in [2.45, 2.75) is 104 Å². The highest BCUT2D eigenvalue weighted by atomic mass is 19.4. The van der Waals surface area contributed by atoms with Crippen LogP contribution in [0.25, 0.3) is 10.8 Å². The molecule has 4 aromatic heterocycles. The lowest BCUT2D eigenvalue weighted by Gasteiger charge is -2.35. The van der Waals surface area contributed by atoms with Crippen LogP contribution in [0.15, 0.2) is 42.7 Å². The molecule has 0 fully saturated rings. The molecular formula is C35H40F6N12O2. The Morgan fingerprint density at radius 1 is 0.873 bits per heavy atom. The molecule has 0 radical (unpaired) electrons. The molecule has 2 atom stereocenters. The number of anilines is 3. The average molecular weight is 775 g/mol. The van der Waals surface area contributed by atoms with Crippen LogP contribution in [0, 0.1) is 6.92 Å². The summed E-state index contributed by atoms with van der Waals surface area (Å²) in [6.45, 7) is 11.5. The van der Waals surface area contributed by atoms with Crippen molar-refractivity contribution in [3.8, 4) is 0 Å². The molecule has 2 aliphatic rings. The molecule has 0 bridgehead atoms. The number of carbonyl (C=O) groups excluding carboxylic acids is 1. The highest BCUT2D eigenvalue weighted by Crippen LogP contribution is 2.33. The number of hydrogen-bond acceptors (Lipinski definition) is 11. The number of rotatable bonds is 4. The fraction of sp³-hybridized carbons (Fsp3) is 0.457. The summed E-state index contributed by atoms with van der Waals surface area (Å²) in [7, 11) is 0. The van der Waals surface area contributed by atoms with Gasteiger partial charge >= 0.3 is 18.4 Å². The molecule has 14 nitrogen and oxygen atoms in total. The number of amides is 1. The van der Waals surface area contributed by atoms with Gasteiger partial charge in [0.1, 0.15) is 17.2 Å². The lowest BCUT2D eigenvalue weighted by Crippen LogP contribution is -2.47. The second kappa shape index (κ2) is 14.5. The van der Waals surface area contributed by atoms with Gasteiger partial charge in [-0.1, -0.05) is 12.1 Å². The summed E-state index contributed by atoms with van der Waals surface area (Å²) in [6.07, 6.45) is -6.17. The van der Waals surface area contributed by atoms with Gasteiger partial charge in [0.25, 0.3) is 0 Å². The van der Waals surface area contributed by atoms with E-state index >= 15 is 0 Å². The van der Waals surface area contributed by atoms with E-state index in [1.54, 1.807) is 40.1 Å². The Morgan fingerprint density at radius 3 is 2.09 bits per heavy atom. The van der Waals surface area contributed by atoms with Gasteiger partial charge in [-0.15, -0.1) is 20.4 Å². The molecule has 20 heteroatoms. The highest BCUT2D eigenvalue weighted by Gasteiger charge is 2.42. The zero-order chi connectivity index (χ0) is 40.0. The monoisotopic (exact) mass is 774 g/mol. The molecule has 6 heterocycles. The van der Waals surface area contributed by atoms with Gasteiger partial charge in [0.2, 0.25) is 11.6 Å². The molecule has 1 amide bonds. The number of nitrogens with one attached hydrogen (secondary N) is 1. The van der Waals surface area contributed by atoms with Crippen LogP contribution in [0.3, 0.4) is 0 Å². The summed E-state index contributed by atoms with van der Waals surface area (Å²) in [4.78, 5) is 24.1. The molecule has 5 aromatic rings. The van der Waals surface area contributed by atoms with Crippen molar-refractivity contribution in [1.29, 1.82) is 0 Å². The molecule has 7 rings (SSSR count). The zero-order valence-electron chi connectivity index (χ0n) is 30.9. The molecule has 0 saturated heterocycles. The lowest BCUT2D eigenvalue weighted by molar-refractivity contribution is -0.148. The maximum Gasteiger partial charge on any atom is 0.451 e. The van der Waals surface area contributed by atoms with E-state index in [4.69, 9.17) is 10.5 Å². The van der Waals surface area contributed by atoms with Gasteiger partial charge in [0.05, 0.1) is 19.1 Å². The Kier molecular flexibility index (Phi) is 10.3. The molecule has 1 aromatic carbocycles. The summed E-state index contributed by atoms with van der Waals surface area (Å²) >= 11 is 0. The third-order valence-electron chi connectivity index (χ3n) is 9.18. The number of nitrogens with zero attached hydrogens (tertiary/aromatic N) is 10. The number of fused-ring (bicyclic) bond motifs is 3. The van der Waals surface area contributed by atoms with Gasteiger partial charge in [-0.3, -0.25) is 4.90 Å². The van der Waals surface area contributed by atoms with Gasteiger partial charge in [-0.25, -0.2) is 14.8 Å². The van der Waals surface area contributed by atoms with Crippen molar-refractivity contribution in [2.75, 3.05) is 16.0 Å². The van der Waals surface area contributed by atoms with Crippen molar-refractivity contribution in [3.63, 3.8) is 0 Å². The van der Waals surface area contributed by atoms with E-state index in [9.17, 15) is 31.1 Å². The quantitative estimate of drug-likeness (QED) is 0.190. The van der Waals surface area contributed by atoms with Crippen molar-refractivity contribution < 1.29 is 35.9 Å². The standard InChI is InChI=1S/C23H23F3N8.C12H17F3N4O2/c1-13-8-19(33-12-20-31-32-22(23(24,25)26)34(20)11-14(33)2)30-10-15(13)9-29-18-5-3-4-17-16(18)6-7-28-21(17)27;1-7-5-19-8(16-17-9(19)12(13,14)15)6-18(7)10(20)21-11(2,3)4/h3-8,10,14,29H,9,11-12H2,1-2H3,(H2,27,28);7H,5-6H2,1-4H3/t14-;7-/m11/s1. The predicted octanol–water partition coefficient (Wildman–Crippen LogP) is 6.59. The number of benzene rings is 1. The minimum atomic E-state index is -4.56. The fourth-order valence-electron chi connectivity index (χ4n) is 6.41. The van der Waals surface area contributed by atoms with Gasteiger partial charge in [-0.05, 0) is 70.9 Å². The van der Waals surface area contributed by atoms with E-state index in [0.29, 0.717) is 18.2 Å². The minimum Gasteiger partial charge on any atom is -0.444 e. The Bertz CT molecular complexity index is 2190. The minimum absolute atomic E-state index is 0.0174. The number of nitrogens with two attached hydrogens (primary N) is 1. The molecule has 2 aliphatic heterocycles. The normalized spacial score (nSPS) is 17.3. The number of halogens is 6. The van der Waals surface area contributed by atoms with Crippen molar-refractivity contribution in [3.05, 3.63) is 77.2 Å². The van der Waals surface area contributed by atoms with Gasteiger partial charge in [-0.2, -0.15) is 26.3 Å². The largest absolute Gasteiger partial charge is 0.451 e. The second-order valence-electron chi connectivity index (χ2n) is 14.5. The molecule has 0 saturated carbocycles. The average Bonchev–Trinajstić information content (AvgIpc) is 3.71. The van der Waals surface area contributed by atoms with Crippen LogP contribution in [-0.2, 0) is 49.8 Å². The Morgan fingerprint density at radius 2 is 1.49 bits per heavy atom. The van der Waals surface area contributed by atoms with Crippen LogP contribution in [0.1, 0.15) is 69.0 Å². The fourth-order valence-corrected chi connectivity index (χ4v) is 6.41. The number of nitrogen functional groups attached to an aromatic ring is 1. The maximum absolute atomic E-state index is 13.2. The molecule has 294 valence electrons. The number of aromatic nitrogens is 8. The van der Waals surface area contributed by atoms with E-state index in [2.05, 4.69) is 35.7 Å². The molecule has 0 unspecified atom stereocenters. The summed E-state index contributed by atoms with van der Waals surface area (Å²) in [5, 5.41) is 19.2. The second-order valence-corrected chi connectivity index (χ2v) is 14.5. The van der Waals surface area contributed by atoms with Crippen LogP contribution >= 0.6 is 0 Å². The smallest absolute Gasteiger partial charge is 0.444 e. The Labute approximate surface area is 311 Å². The lowest BCUT2D eigenvalue weighted by atomic mass is 10.1. The summed E-state index contributed by atoms with van der Waals surface area (Å²) in [6, 6.07) is 9.08. The molecule has 0 spiro atoms. The molecule has 0 aliphatic carbocycles. The summed E-state index contributed by atoms with van der Waals surface area (Å²) in [5.41, 5.74) is 8.30. The number of aryl methyl sites for hydroxylation is 1. The molecular weight excluding hydrogens is 734 g/mol. The third-order valence-corrected chi connectivity index (χ3v) is 9.18. The highest BCUT2D eigenvalue weighted by molar-refractivity contribution is 5.99. The van der Waals surface area contributed by atoms with Crippen LogP contribution in [0.2, 0.25) is 0 Å². The number of ether oxygens (including phenoxy) is 1. The Hall–Kier alpha value is -5.69. The number of alkyl halides is 6. The van der Waals surface area contributed by atoms with E-state index in [0.717, 1.165) is 36.7 Å². The van der Waals surface area contributed by atoms with Crippen molar-refractivity contribution in [2.24, 2.45) is 0 Å². The SMILES string of the molecule is C[C@@H]1Cn2c(nnc2C(F)(F)F)CN1C(=O)OC(C)(C)C.Cc1cc(N2Cc3nnc(C(F)(F)F)n3C[C@H]2C)ncc1CNc1cccc2c(N)nccc12.